The maximum Gasteiger partial charge on any atom is 0.105 e. The van der Waals surface area contributed by atoms with Gasteiger partial charge in [0.1, 0.15) is 3.70 Å². The SMILES string of the molecule is CC(C)c1cc(I)n(-c2ccncc2)n1. The van der Waals surface area contributed by atoms with Gasteiger partial charge in [-0.3, -0.25) is 4.98 Å². The fraction of sp³-hybridized carbons (Fsp3) is 0.273. The van der Waals surface area contributed by atoms with Crippen LogP contribution in [0.15, 0.2) is 30.6 Å². The first-order valence-electron chi connectivity index (χ1n) is 4.84. The van der Waals surface area contributed by atoms with Crippen LogP contribution in [0.5, 0.6) is 0 Å². The first-order valence-corrected chi connectivity index (χ1v) is 5.92. The van der Waals surface area contributed by atoms with E-state index < -0.39 is 0 Å². The van der Waals surface area contributed by atoms with Gasteiger partial charge in [-0.1, -0.05) is 13.8 Å². The van der Waals surface area contributed by atoms with Crippen LogP contribution >= 0.6 is 22.6 Å². The molecule has 0 spiro atoms. The summed E-state index contributed by atoms with van der Waals surface area (Å²) in [5.74, 6) is 0.460. The number of rotatable bonds is 2. The molecule has 0 saturated heterocycles. The minimum absolute atomic E-state index is 0.460. The van der Waals surface area contributed by atoms with Crippen LogP contribution in [-0.4, -0.2) is 14.8 Å². The lowest BCUT2D eigenvalue weighted by molar-refractivity contribution is 0.762. The van der Waals surface area contributed by atoms with Crippen molar-refractivity contribution in [3.8, 4) is 5.69 Å². The highest BCUT2D eigenvalue weighted by molar-refractivity contribution is 14.1. The highest BCUT2D eigenvalue weighted by Gasteiger charge is 2.09. The van der Waals surface area contributed by atoms with Gasteiger partial charge < -0.3 is 0 Å². The van der Waals surface area contributed by atoms with Crippen molar-refractivity contribution in [3.05, 3.63) is 40.0 Å². The van der Waals surface area contributed by atoms with Crippen molar-refractivity contribution in [2.24, 2.45) is 0 Å². The monoisotopic (exact) mass is 313 g/mol. The van der Waals surface area contributed by atoms with E-state index in [1.54, 1.807) is 12.4 Å². The van der Waals surface area contributed by atoms with Crippen molar-refractivity contribution in [2.45, 2.75) is 19.8 Å². The quantitative estimate of drug-likeness (QED) is 0.798. The number of hydrogen-bond donors (Lipinski definition) is 0. The highest BCUT2D eigenvalue weighted by Crippen LogP contribution is 2.18. The number of pyridine rings is 1. The van der Waals surface area contributed by atoms with Gasteiger partial charge in [-0.2, -0.15) is 5.10 Å². The van der Waals surface area contributed by atoms with Gasteiger partial charge in [0.2, 0.25) is 0 Å². The van der Waals surface area contributed by atoms with Gasteiger partial charge in [-0.25, -0.2) is 4.68 Å². The molecule has 2 rings (SSSR count). The summed E-state index contributed by atoms with van der Waals surface area (Å²) in [5.41, 5.74) is 2.18. The molecule has 0 fully saturated rings. The van der Waals surface area contributed by atoms with Crippen LogP contribution in [0.4, 0.5) is 0 Å². The Labute approximate surface area is 103 Å². The molecule has 78 valence electrons. The smallest absolute Gasteiger partial charge is 0.105 e. The summed E-state index contributed by atoms with van der Waals surface area (Å²) in [6, 6.07) is 6.03. The third-order valence-electron chi connectivity index (χ3n) is 2.18. The third-order valence-corrected chi connectivity index (χ3v) is 2.95. The lowest BCUT2D eigenvalue weighted by atomic mass is 10.1. The van der Waals surface area contributed by atoms with E-state index in [-0.39, 0.29) is 0 Å². The lowest BCUT2D eigenvalue weighted by Crippen LogP contribution is -1.99. The summed E-state index contributed by atoms with van der Waals surface area (Å²) in [7, 11) is 0. The Morgan fingerprint density at radius 1 is 1.27 bits per heavy atom. The summed E-state index contributed by atoms with van der Waals surface area (Å²) in [6.07, 6.45) is 3.56. The predicted molar refractivity (Wildman–Crippen MR) is 68.2 cm³/mol. The fourth-order valence-electron chi connectivity index (χ4n) is 1.32. The Kier molecular flexibility index (Phi) is 3.04. The summed E-state index contributed by atoms with van der Waals surface area (Å²) in [5, 5.41) is 4.56. The number of hydrogen-bond acceptors (Lipinski definition) is 2. The van der Waals surface area contributed by atoms with Gasteiger partial charge in [0.05, 0.1) is 11.4 Å². The zero-order chi connectivity index (χ0) is 10.8. The molecule has 15 heavy (non-hydrogen) atoms. The molecular formula is C11H12IN3. The highest BCUT2D eigenvalue weighted by atomic mass is 127. The van der Waals surface area contributed by atoms with Gasteiger partial charge in [-0.15, -0.1) is 0 Å². The van der Waals surface area contributed by atoms with Crippen LogP contribution in [0.3, 0.4) is 0 Å². The molecule has 0 radical (unpaired) electrons. The first kappa shape index (κ1) is 10.6. The Bertz CT molecular complexity index is 448. The molecule has 2 aromatic heterocycles. The van der Waals surface area contributed by atoms with Gasteiger partial charge in [0.25, 0.3) is 0 Å². The molecule has 2 aromatic rings. The third kappa shape index (κ3) is 2.19. The Balaban J connectivity index is 2.45. The Hall–Kier alpha value is -0.910. The van der Waals surface area contributed by atoms with Gasteiger partial charge in [-0.05, 0) is 46.7 Å². The van der Waals surface area contributed by atoms with Crippen molar-refractivity contribution < 1.29 is 0 Å². The average Bonchev–Trinajstić information content (AvgIpc) is 2.62. The zero-order valence-corrected chi connectivity index (χ0v) is 10.8. The van der Waals surface area contributed by atoms with Crippen molar-refractivity contribution in [1.82, 2.24) is 14.8 Å². The second-order valence-corrected chi connectivity index (χ2v) is 4.77. The van der Waals surface area contributed by atoms with Crippen LogP contribution in [0.2, 0.25) is 0 Å². The molecule has 3 nitrogen and oxygen atoms in total. The molecule has 0 bridgehead atoms. The van der Waals surface area contributed by atoms with Crippen LogP contribution < -0.4 is 0 Å². The standard InChI is InChI=1S/C11H12IN3/c1-8(2)10-7-11(12)15(14-10)9-3-5-13-6-4-9/h3-8H,1-2H3. The number of halogens is 1. The van der Waals surface area contributed by atoms with Crippen LogP contribution in [0, 0.1) is 3.70 Å². The molecule has 0 saturated carbocycles. The van der Waals surface area contributed by atoms with E-state index in [0.717, 1.165) is 15.1 Å². The minimum atomic E-state index is 0.460. The van der Waals surface area contributed by atoms with E-state index in [2.05, 4.69) is 52.6 Å². The molecule has 0 aromatic carbocycles. The molecular weight excluding hydrogens is 301 g/mol. The van der Waals surface area contributed by atoms with E-state index in [0.29, 0.717) is 5.92 Å². The largest absolute Gasteiger partial charge is 0.265 e. The van der Waals surface area contributed by atoms with E-state index in [1.807, 2.05) is 16.8 Å². The van der Waals surface area contributed by atoms with Crippen LogP contribution in [-0.2, 0) is 0 Å². The van der Waals surface area contributed by atoms with Crippen molar-refractivity contribution in [1.29, 1.82) is 0 Å². The summed E-state index contributed by atoms with van der Waals surface area (Å²) in [6.45, 7) is 4.30. The molecule has 0 amide bonds. The van der Waals surface area contributed by atoms with Crippen molar-refractivity contribution in [2.75, 3.05) is 0 Å². The molecule has 4 heteroatoms. The number of nitrogens with zero attached hydrogens (tertiary/aromatic N) is 3. The molecule has 0 aliphatic heterocycles. The Morgan fingerprint density at radius 3 is 2.47 bits per heavy atom. The molecule has 0 aliphatic rings. The van der Waals surface area contributed by atoms with Crippen LogP contribution in [0.1, 0.15) is 25.5 Å². The molecule has 2 heterocycles. The minimum Gasteiger partial charge on any atom is -0.265 e. The molecule has 0 aliphatic carbocycles. The summed E-state index contributed by atoms with van der Waals surface area (Å²) in [4.78, 5) is 4.00. The van der Waals surface area contributed by atoms with Gasteiger partial charge >= 0.3 is 0 Å². The second kappa shape index (κ2) is 4.30. The molecule has 0 unspecified atom stereocenters. The number of aromatic nitrogens is 3. The molecule has 0 N–H and O–H groups in total. The zero-order valence-electron chi connectivity index (χ0n) is 8.68. The van der Waals surface area contributed by atoms with Crippen molar-refractivity contribution >= 4 is 22.6 Å². The maximum atomic E-state index is 4.56. The predicted octanol–water partition coefficient (Wildman–Crippen LogP) is 3.00. The normalized spacial score (nSPS) is 10.9. The van der Waals surface area contributed by atoms with E-state index >= 15 is 0 Å². The topological polar surface area (TPSA) is 30.7 Å². The van der Waals surface area contributed by atoms with Gasteiger partial charge in [0.15, 0.2) is 0 Å². The lowest BCUT2D eigenvalue weighted by Gasteiger charge is -2.02. The fourth-order valence-corrected chi connectivity index (χ4v) is 2.03. The summed E-state index contributed by atoms with van der Waals surface area (Å²) < 4.78 is 3.07. The second-order valence-electron chi connectivity index (χ2n) is 3.66. The maximum absolute atomic E-state index is 4.56. The Morgan fingerprint density at radius 2 is 1.93 bits per heavy atom. The molecule has 0 atom stereocenters. The van der Waals surface area contributed by atoms with Crippen molar-refractivity contribution in [3.63, 3.8) is 0 Å². The van der Waals surface area contributed by atoms with Crippen LogP contribution in [0.25, 0.3) is 5.69 Å². The average molecular weight is 313 g/mol. The first-order chi connectivity index (χ1) is 7.18. The van der Waals surface area contributed by atoms with Gasteiger partial charge in [0, 0.05) is 12.4 Å². The van der Waals surface area contributed by atoms with E-state index in [4.69, 9.17) is 0 Å². The summed E-state index contributed by atoms with van der Waals surface area (Å²) >= 11 is 2.30. The van der Waals surface area contributed by atoms with E-state index in [9.17, 15) is 0 Å². The van der Waals surface area contributed by atoms with E-state index in [1.165, 1.54) is 0 Å².